The molecule has 0 atom stereocenters. The van der Waals surface area contributed by atoms with Gasteiger partial charge in [-0.2, -0.15) is 4.31 Å². The van der Waals surface area contributed by atoms with E-state index in [2.05, 4.69) is 4.90 Å². The zero-order valence-corrected chi connectivity index (χ0v) is 19.1. The third kappa shape index (κ3) is 4.82. The van der Waals surface area contributed by atoms with E-state index in [1.54, 1.807) is 48.7 Å². The Kier molecular flexibility index (Phi) is 6.54. The number of nitrogens with zero attached hydrogens (tertiary/aromatic N) is 3. The highest BCUT2D eigenvalue weighted by Gasteiger charge is 2.29. The van der Waals surface area contributed by atoms with Gasteiger partial charge in [-0.15, -0.1) is 11.8 Å². The maximum absolute atomic E-state index is 12.9. The largest absolute Gasteiger partial charge is 0.468 e. The van der Waals surface area contributed by atoms with Gasteiger partial charge in [0.05, 0.1) is 26.7 Å². The molecule has 1 aliphatic heterocycles. The van der Waals surface area contributed by atoms with Crippen molar-refractivity contribution in [1.29, 1.82) is 0 Å². The Hall–Kier alpha value is -2.82. The monoisotopic (exact) mass is 473 g/mol. The van der Waals surface area contributed by atoms with E-state index >= 15 is 0 Å². The van der Waals surface area contributed by atoms with Crippen LogP contribution in [0.1, 0.15) is 11.3 Å². The number of hydrogen-bond donors (Lipinski definition) is 0. The zero-order chi connectivity index (χ0) is 22.7. The Morgan fingerprint density at radius 3 is 2.41 bits per heavy atom. The number of hydrogen-bond acceptors (Lipinski definition) is 7. The molecule has 0 radical (unpaired) electrons. The molecule has 168 valence electrons. The Labute approximate surface area is 191 Å². The SMILES string of the molecule is Cc1ccc(S(=O)(=O)N2CCN(c3ccc([N+](=O)[O-])c(SCc4ccco4)c3)CC2)cc1. The van der Waals surface area contributed by atoms with Crippen LogP contribution in [-0.2, 0) is 15.8 Å². The van der Waals surface area contributed by atoms with Crippen LogP contribution in [-0.4, -0.2) is 43.8 Å². The molecule has 1 fully saturated rings. The van der Waals surface area contributed by atoms with E-state index in [4.69, 9.17) is 4.42 Å². The normalized spacial score (nSPS) is 15.1. The van der Waals surface area contributed by atoms with Crippen molar-refractivity contribution in [3.63, 3.8) is 0 Å². The fraction of sp³-hybridized carbons (Fsp3) is 0.273. The lowest BCUT2D eigenvalue weighted by atomic mass is 10.2. The van der Waals surface area contributed by atoms with Crippen LogP contribution in [0, 0.1) is 17.0 Å². The molecular weight excluding hydrogens is 450 g/mol. The van der Waals surface area contributed by atoms with Crippen molar-refractivity contribution in [3.8, 4) is 0 Å². The molecule has 0 amide bonds. The quantitative estimate of drug-likeness (QED) is 0.287. The van der Waals surface area contributed by atoms with Crippen molar-refractivity contribution in [3.05, 3.63) is 82.3 Å². The summed E-state index contributed by atoms with van der Waals surface area (Å²) in [6.45, 7) is 3.63. The van der Waals surface area contributed by atoms with E-state index in [0.29, 0.717) is 41.7 Å². The minimum Gasteiger partial charge on any atom is -0.468 e. The Balaban J connectivity index is 1.47. The third-order valence-corrected chi connectivity index (χ3v) is 8.33. The Morgan fingerprint density at radius 1 is 1.06 bits per heavy atom. The Bertz CT molecular complexity index is 1190. The fourth-order valence-electron chi connectivity index (χ4n) is 3.56. The second kappa shape index (κ2) is 9.35. The molecule has 3 aromatic rings. The van der Waals surface area contributed by atoms with Crippen molar-refractivity contribution in [2.75, 3.05) is 31.1 Å². The first-order chi connectivity index (χ1) is 15.3. The predicted octanol–water partition coefficient (Wildman–Crippen LogP) is 4.30. The first-order valence-electron chi connectivity index (χ1n) is 10.1. The smallest absolute Gasteiger partial charge is 0.283 e. The van der Waals surface area contributed by atoms with Crippen molar-refractivity contribution >= 4 is 33.2 Å². The van der Waals surface area contributed by atoms with E-state index in [1.807, 2.05) is 13.0 Å². The molecule has 32 heavy (non-hydrogen) atoms. The lowest BCUT2D eigenvalue weighted by Crippen LogP contribution is -2.48. The minimum atomic E-state index is -3.54. The van der Waals surface area contributed by atoms with Gasteiger partial charge >= 0.3 is 0 Å². The number of sulfonamides is 1. The summed E-state index contributed by atoms with van der Waals surface area (Å²) in [7, 11) is -3.54. The molecule has 0 bridgehead atoms. The van der Waals surface area contributed by atoms with Crippen LogP contribution in [0.3, 0.4) is 0 Å². The number of thioether (sulfide) groups is 1. The summed E-state index contributed by atoms with van der Waals surface area (Å²) in [5, 5.41) is 11.5. The van der Waals surface area contributed by atoms with Gasteiger partial charge in [0.1, 0.15) is 5.76 Å². The first kappa shape index (κ1) is 22.4. The topological polar surface area (TPSA) is 96.9 Å². The summed E-state index contributed by atoms with van der Waals surface area (Å²) in [6.07, 6.45) is 1.57. The second-order valence-corrected chi connectivity index (χ2v) is 10.4. The number of aryl methyl sites for hydroxylation is 1. The molecule has 1 saturated heterocycles. The van der Waals surface area contributed by atoms with Crippen molar-refractivity contribution in [2.45, 2.75) is 22.5 Å². The Morgan fingerprint density at radius 2 is 1.78 bits per heavy atom. The standard InChI is InChI=1S/C22H23N3O5S2/c1-17-4-7-20(8-5-17)32(28,29)24-12-10-23(11-13-24)18-6-9-21(25(26)27)22(15-18)31-16-19-3-2-14-30-19/h2-9,14-15H,10-13,16H2,1H3. The molecule has 0 N–H and O–H groups in total. The summed E-state index contributed by atoms with van der Waals surface area (Å²) >= 11 is 1.35. The maximum Gasteiger partial charge on any atom is 0.283 e. The summed E-state index contributed by atoms with van der Waals surface area (Å²) < 4.78 is 32.7. The molecule has 0 aliphatic carbocycles. The van der Waals surface area contributed by atoms with Crippen LogP contribution in [0.25, 0.3) is 0 Å². The van der Waals surface area contributed by atoms with Gasteiger partial charge in [-0.05, 0) is 43.3 Å². The molecule has 1 aromatic heterocycles. The molecule has 8 nitrogen and oxygen atoms in total. The number of piperazine rings is 1. The number of benzene rings is 2. The van der Waals surface area contributed by atoms with E-state index in [-0.39, 0.29) is 10.6 Å². The van der Waals surface area contributed by atoms with E-state index in [9.17, 15) is 18.5 Å². The zero-order valence-electron chi connectivity index (χ0n) is 17.5. The average molecular weight is 474 g/mol. The number of nitro groups is 1. The molecular formula is C22H23N3O5S2. The highest BCUT2D eigenvalue weighted by Crippen LogP contribution is 2.35. The summed E-state index contributed by atoms with van der Waals surface area (Å²) in [4.78, 5) is 14.0. The van der Waals surface area contributed by atoms with Gasteiger partial charge in [-0.25, -0.2) is 8.42 Å². The van der Waals surface area contributed by atoms with Gasteiger partial charge in [0.2, 0.25) is 10.0 Å². The molecule has 0 spiro atoms. The predicted molar refractivity (Wildman–Crippen MR) is 124 cm³/mol. The molecule has 2 heterocycles. The highest BCUT2D eigenvalue weighted by atomic mass is 32.2. The second-order valence-electron chi connectivity index (χ2n) is 7.48. The first-order valence-corrected chi connectivity index (χ1v) is 12.5. The van der Waals surface area contributed by atoms with Crippen molar-refractivity contribution in [2.24, 2.45) is 0 Å². The number of anilines is 1. The fourth-order valence-corrected chi connectivity index (χ4v) is 5.93. The van der Waals surface area contributed by atoms with E-state index in [1.165, 1.54) is 22.1 Å². The highest BCUT2D eigenvalue weighted by molar-refractivity contribution is 7.98. The van der Waals surface area contributed by atoms with Crippen LogP contribution in [0.15, 0.2) is 75.1 Å². The lowest BCUT2D eigenvalue weighted by molar-refractivity contribution is -0.387. The van der Waals surface area contributed by atoms with E-state index in [0.717, 1.165) is 17.0 Å². The van der Waals surface area contributed by atoms with Crippen LogP contribution >= 0.6 is 11.8 Å². The van der Waals surface area contributed by atoms with E-state index < -0.39 is 10.0 Å². The molecule has 10 heteroatoms. The van der Waals surface area contributed by atoms with Gasteiger partial charge in [0.15, 0.2) is 0 Å². The summed E-state index contributed by atoms with van der Waals surface area (Å²) in [5.41, 5.74) is 1.89. The van der Waals surface area contributed by atoms with Crippen LogP contribution in [0.2, 0.25) is 0 Å². The van der Waals surface area contributed by atoms with Crippen LogP contribution in [0.4, 0.5) is 11.4 Å². The van der Waals surface area contributed by atoms with Gasteiger partial charge in [0.25, 0.3) is 5.69 Å². The maximum atomic E-state index is 12.9. The van der Waals surface area contributed by atoms with Crippen LogP contribution in [0.5, 0.6) is 0 Å². The third-order valence-electron chi connectivity index (χ3n) is 5.35. The lowest BCUT2D eigenvalue weighted by Gasteiger charge is -2.35. The van der Waals surface area contributed by atoms with Gasteiger partial charge < -0.3 is 9.32 Å². The molecule has 0 unspecified atom stereocenters. The molecule has 4 rings (SSSR count). The van der Waals surface area contributed by atoms with Gasteiger partial charge in [-0.3, -0.25) is 10.1 Å². The minimum absolute atomic E-state index is 0.0471. The van der Waals surface area contributed by atoms with Crippen LogP contribution < -0.4 is 4.90 Å². The number of furan rings is 1. The summed E-state index contributed by atoms with van der Waals surface area (Å²) in [6, 6.07) is 15.5. The van der Waals surface area contributed by atoms with Crippen molar-refractivity contribution < 1.29 is 17.8 Å². The number of rotatable bonds is 7. The van der Waals surface area contributed by atoms with Gasteiger partial charge in [-0.1, -0.05) is 17.7 Å². The average Bonchev–Trinajstić information content (AvgIpc) is 3.31. The molecule has 2 aromatic carbocycles. The summed E-state index contributed by atoms with van der Waals surface area (Å²) in [5.74, 6) is 1.23. The number of nitro benzene ring substituents is 1. The van der Waals surface area contributed by atoms with Gasteiger partial charge in [0, 0.05) is 37.9 Å². The van der Waals surface area contributed by atoms with Crippen molar-refractivity contribution in [1.82, 2.24) is 4.31 Å². The molecule has 1 aliphatic rings. The molecule has 0 saturated carbocycles.